The number of rotatable bonds is 0. The number of hydrogen-bond donors (Lipinski definition) is 1. The van der Waals surface area contributed by atoms with Crippen molar-refractivity contribution in [1.82, 2.24) is 0 Å². The van der Waals surface area contributed by atoms with E-state index < -0.39 is 6.10 Å². The zero-order valence-electron chi connectivity index (χ0n) is 22.1. The first-order valence-corrected chi connectivity index (χ1v) is 13.5. The number of aliphatic hydroxyl groups excluding tert-OH is 1. The summed E-state index contributed by atoms with van der Waals surface area (Å²) in [7, 11) is 0. The maximum Gasteiger partial charge on any atom is 0.139 e. The lowest BCUT2D eigenvalue weighted by Crippen LogP contribution is -2.68. The van der Waals surface area contributed by atoms with Crippen molar-refractivity contribution in [2.45, 2.75) is 113 Å². The Hall–Kier alpha value is -0.630. The van der Waals surface area contributed by atoms with Crippen LogP contribution in [0.5, 0.6) is 0 Å². The molecule has 5 aliphatic carbocycles. The molecule has 0 bridgehead atoms. The second-order valence-corrected chi connectivity index (χ2v) is 15.1. The fourth-order valence-corrected chi connectivity index (χ4v) is 10.6. The molecule has 4 saturated carbocycles. The summed E-state index contributed by atoms with van der Waals surface area (Å²) in [6.07, 6.45) is 14.0. The third-order valence-electron chi connectivity index (χ3n) is 13.1. The molecular formula is C30H48O2. The number of hydrogen-bond acceptors (Lipinski definition) is 2. The lowest BCUT2D eigenvalue weighted by Gasteiger charge is -2.73. The van der Waals surface area contributed by atoms with E-state index in [4.69, 9.17) is 0 Å². The van der Waals surface area contributed by atoms with Crippen LogP contribution in [0.15, 0.2) is 12.2 Å². The van der Waals surface area contributed by atoms with Gasteiger partial charge in [-0.2, -0.15) is 0 Å². The monoisotopic (exact) mass is 440 g/mol. The summed E-state index contributed by atoms with van der Waals surface area (Å²) in [6, 6.07) is 0. The number of allylic oxidation sites excluding steroid dienone is 2. The number of aliphatic hydroxyl groups is 1. The molecule has 5 aliphatic rings. The van der Waals surface area contributed by atoms with Crippen LogP contribution in [0, 0.1) is 56.2 Å². The highest BCUT2D eigenvalue weighted by Crippen LogP contribution is 2.77. The predicted octanol–water partition coefficient (Wildman–Crippen LogP) is 7.20. The van der Waals surface area contributed by atoms with E-state index in [0.717, 1.165) is 5.92 Å². The first kappa shape index (κ1) is 23.1. The number of carbonyl (C=O) groups excluding carboxylic acids is 1. The molecule has 10 atom stereocenters. The van der Waals surface area contributed by atoms with Gasteiger partial charge in [-0.15, -0.1) is 0 Å². The molecule has 0 aromatic carbocycles. The number of Topliss-reactive ketones (excluding diaryl/α,β-unsaturated/α-hetero) is 1. The molecule has 2 heteroatoms. The van der Waals surface area contributed by atoms with Crippen molar-refractivity contribution in [2.75, 3.05) is 0 Å². The first-order valence-electron chi connectivity index (χ1n) is 13.5. The van der Waals surface area contributed by atoms with E-state index in [2.05, 4.69) is 67.5 Å². The molecule has 180 valence electrons. The molecule has 0 aromatic heterocycles. The molecule has 2 nitrogen and oxygen atoms in total. The Morgan fingerprint density at radius 1 is 0.875 bits per heavy atom. The molecule has 0 amide bonds. The smallest absolute Gasteiger partial charge is 0.139 e. The van der Waals surface area contributed by atoms with Crippen LogP contribution >= 0.6 is 0 Å². The minimum atomic E-state index is -0.503. The minimum Gasteiger partial charge on any atom is -0.392 e. The van der Waals surface area contributed by atoms with Crippen molar-refractivity contribution < 1.29 is 9.90 Å². The quantitative estimate of drug-likeness (QED) is 0.404. The van der Waals surface area contributed by atoms with Gasteiger partial charge in [-0.1, -0.05) is 67.5 Å². The third-order valence-corrected chi connectivity index (χ3v) is 13.1. The van der Waals surface area contributed by atoms with Crippen LogP contribution < -0.4 is 0 Å². The van der Waals surface area contributed by atoms with E-state index in [-0.39, 0.29) is 33.9 Å². The van der Waals surface area contributed by atoms with Gasteiger partial charge in [0.05, 0.1) is 6.10 Å². The number of carbonyl (C=O) groups is 1. The first-order chi connectivity index (χ1) is 14.6. The topological polar surface area (TPSA) is 37.3 Å². The number of fused-ring (bicyclic) bond motifs is 7. The summed E-state index contributed by atoms with van der Waals surface area (Å²) in [5, 5.41) is 11.3. The number of ketones is 1. The standard InChI is InChI=1S/C30H48O2/c1-19-20(31)17-21(32)24-27(19,5)10-9-22-28(24,6)14-16-30(8)23-18-25(2,3)11-12-26(23,4)13-15-29(22,30)7/h9-10,19,21-24,32H,11-18H2,1-8H3. The molecule has 10 unspecified atom stereocenters. The molecule has 1 N–H and O–H groups in total. The average molecular weight is 441 g/mol. The zero-order chi connectivity index (χ0) is 23.5. The van der Waals surface area contributed by atoms with Crippen molar-refractivity contribution in [3.8, 4) is 0 Å². The molecule has 0 radical (unpaired) electrons. The van der Waals surface area contributed by atoms with Crippen LogP contribution in [0.3, 0.4) is 0 Å². The van der Waals surface area contributed by atoms with Gasteiger partial charge in [0.15, 0.2) is 0 Å². The average Bonchev–Trinajstić information content (AvgIpc) is 2.69. The minimum absolute atomic E-state index is 0.000155. The highest BCUT2D eigenvalue weighted by molar-refractivity contribution is 5.83. The molecular weight excluding hydrogens is 392 g/mol. The summed E-state index contributed by atoms with van der Waals surface area (Å²) in [4.78, 5) is 12.7. The second-order valence-electron chi connectivity index (χ2n) is 15.1. The SMILES string of the molecule is CC1C(=O)CC(O)C2C1(C)C=CC1C2(C)CCC2(C)C3CC(C)(C)CCC3(C)CCC12C. The van der Waals surface area contributed by atoms with Gasteiger partial charge in [0, 0.05) is 23.7 Å². The van der Waals surface area contributed by atoms with Crippen molar-refractivity contribution in [2.24, 2.45) is 56.2 Å². The maximum atomic E-state index is 12.7. The molecule has 0 heterocycles. The van der Waals surface area contributed by atoms with E-state index in [9.17, 15) is 9.90 Å². The van der Waals surface area contributed by atoms with Crippen molar-refractivity contribution in [3.05, 3.63) is 12.2 Å². The van der Waals surface area contributed by atoms with Gasteiger partial charge >= 0.3 is 0 Å². The van der Waals surface area contributed by atoms with Crippen molar-refractivity contribution in [3.63, 3.8) is 0 Å². The van der Waals surface area contributed by atoms with Gasteiger partial charge in [0.1, 0.15) is 5.78 Å². The van der Waals surface area contributed by atoms with Gasteiger partial charge in [-0.25, -0.2) is 0 Å². The van der Waals surface area contributed by atoms with Crippen LogP contribution in [0.1, 0.15) is 107 Å². The van der Waals surface area contributed by atoms with E-state index in [0.29, 0.717) is 28.6 Å². The van der Waals surface area contributed by atoms with Crippen LogP contribution in [0.25, 0.3) is 0 Å². The Morgan fingerprint density at radius 2 is 1.50 bits per heavy atom. The second kappa shape index (κ2) is 6.52. The van der Waals surface area contributed by atoms with Crippen LogP contribution in [0.4, 0.5) is 0 Å². The van der Waals surface area contributed by atoms with Gasteiger partial charge in [0.25, 0.3) is 0 Å². The van der Waals surface area contributed by atoms with E-state index in [1.165, 1.54) is 44.9 Å². The van der Waals surface area contributed by atoms with Crippen molar-refractivity contribution >= 4 is 5.78 Å². The lowest BCUT2D eigenvalue weighted by atomic mass is 9.31. The fraction of sp³-hybridized carbons (Fsp3) is 0.900. The summed E-state index contributed by atoms with van der Waals surface area (Å²) >= 11 is 0. The van der Waals surface area contributed by atoms with Gasteiger partial charge < -0.3 is 5.11 Å². The Kier molecular flexibility index (Phi) is 4.71. The van der Waals surface area contributed by atoms with Crippen LogP contribution in [0.2, 0.25) is 0 Å². The third kappa shape index (κ3) is 2.65. The molecule has 0 spiro atoms. The zero-order valence-corrected chi connectivity index (χ0v) is 22.1. The molecule has 0 saturated heterocycles. The molecule has 0 aromatic rings. The Bertz CT molecular complexity index is 857. The van der Waals surface area contributed by atoms with E-state index in [1.807, 2.05) is 0 Å². The van der Waals surface area contributed by atoms with Crippen molar-refractivity contribution in [1.29, 1.82) is 0 Å². The van der Waals surface area contributed by atoms with Crippen LogP contribution in [-0.2, 0) is 4.79 Å². The summed E-state index contributed by atoms with van der Waals surface area (Å²) in [5.41, 5.74) is 1.35. The van der Waals surface area contributed by atoms with Crippen LogP contribution in [-0.4, -0.2) is 17.0 Å². The predicted molar refractivity (Wildman–Crippen MR) is 131 cm³/mol. The summed E-state index contributed by atoms with van der Waals surface area (Å²) in [5.74, 6) is 1.68. The van der Waals surface area contributed by atoms with Gasteiger partial charge in [-0.05, 0) is 83.9 Å². The lowest BCUT2D eigenvalue weighted by molar-refractivity contribution is -0.239. The molecule has 4 fully saturated rings. The fourth-order valence-electron chi connectivity index (χ4n) is 10.6. The highest BCUT2D eigenvalue weighted by Gasteiger charge is 2.70. The molecule has 5 rings (SSSR count). The largest absolute Gasteiger partial charge is 0.392 e. The normalized spacial score (nSPS) is 58.9. The molecule has 32 heavy (non-hydrogen) atoms. The molecule has 0 aliphatic heterocycles. The van der Waals surface area contributed by atoms with Gasteiger partial charge in [-0.3, -0.25) is 4.79 Å². The highest BCUT2D eigenvalue weighted by atomic mass is 16.3. The Morgan fingerprint density at radius 3 is 2.19 bits per heavy atom. The van der Waals surface area contributed by atoms with E-state index >= 15 is 0 Å². The van der Waals surface area contributed by atoms with E-state index in [1.54, 1.807) is 0 Å². The Balaban J connectivity index is 1.61. The Labute approximate surface area is 197 Å². The summed E-state index contributed by atoms with van der Waals surface area (Å²) < 4.78 is 0. The van der Waals surface area contributed by atoms with Gasteiger partial charge in [0.2, 0.25) is 0 Å². The maximum absolute atomic E-state index is 12.7. The summed E-state index contributed by atoms with van der Waals surface area (Å²) in [6.45, 7) is 19.7.